The number of nitrogens with zero attached hydrogens (tertiary/aromatic N) is 3. The van der Waals surface area contributed by atoms with Crippen LogP contribution >= 0.6 is 0 Å². The number of pyridine rings is 2. The van der Waals surface area contributed by atoms with Crippen molar-refractivity contribution in [3.05, 3.63) is 88.0 Å². The van der Waals surface area contributed by atoms with Crippen LogP contribution in [0.5, 0.6) is 0 Å². The van der Waals surface area contributed by atoms with Crippen LogP contribution in [0.15, 0.2) is 70.5 Å². The molecule has 0 atom stereocenters. The van der Waals surface area contributed by atoms with Crippen molar-refractivity contribution in [2.75, 3.05) is 18.4 Å². The van der Waals surface area contributed by atoms with Crippen LogP contribution in [0, 0.1) is 6.92 Å². The van der Waals surface area contributed by atoms with Crippen molar-refractivity contribution in [2.45, 2.75) is 19.8 Å². The maximum atomic E-state index is 13.1. The molecule has 1 aromatic carbocycles. The van der Waals surface area contributed by atoms with Crippen molar-refractivity contribution in [1.82, 2.24) is 9.55 Å². The number of carbonyl (C=O) groups is 1. The van der Waals surface area contributed by atoms with Gasteiger partial charge in [0.25, 0.3) is 11.5 Å². The van der Waals surface area contributed by atoms with Gasteiger partial charge in [0, 0.05) is 25.0 Å². The number of aromatic nitrogens is 2. The molecule has 0 aliphatic heterocycles. The molecule has 0 bridgehead atoms. The Morgan fingerprint density at radius 3 is 2.70 bits per heavy atom. The molecule has 0 radical (unpaired) electrons. The number of aryl methyl sites for hydroxylation is 1. The van der Waals surface area contributed by atoms with E-state index in [2.05, 4.69) is 27.4 Å². The highest BCUT2D eigenvalue weighted by Gasteiger charge is 2.11. The number of anilines is 1. The highest BCUT2D eigenvalue weighted by Crippen LogP contribution is 2.11. The molecule has 7 nitrogen and oxygen atoms in total. The second-order valence-corrected chi connectivity index (χ2v) is 6.80. The summed E-state index contributed by atoms with van der Waals surface area (Å²) in [5.41, 5.74) is 8.15. The minimum absolute atomic E-state index is 0.0488. The zero-order chi connectivity index (χ0) is 21.3. The van der Waals surface area contributed by atoms with Crippen LogP contribution in [0.25, 0.3) is 5.82 Å². The van der Waals surface area contributed by atoms with Crippen LogP contribution in [0.2, 0.25) is 0 Å². The highest BCUT2D eigenvalue weighted by atomic mass is 16.1. The second kappa shape index (κ2) is 10.3. The van der Waals surface area contributed by atoms with Gasteiger partial charge in [0.15, 0.2) is 0 Å². The van der Waals surface area contributed by atoms with Crippen molar-refractivity contribution >= 4 is 17.8 Å². The standard InChI is InChI=1S/C23H25N5O2/c1-17-10-11-20(25-14-12-18-6-3-2-4-7-18)23(30)28(17)21-9-5-8-19(27-21)16-22(29)26-15-13-24/h2-11,15,25H,12-14,16,24H2,1H3. The molecule has 30 heavy (non-hydrogen) atoms. The maximum Gasteiger partial charge on any atom is 0.279 e. The van der Waals surface area contributed by atoms with E-state index in [9.17, 15) is 9.59 Å². The molecule has 0 saturated carbocycles. The highest BCUT2D eigenvalue weighted by molar-refractivity contribution is 5.86. The van der Waals surface area contributed by atoms with Crippen molar-refractivity contribution in [1.29, 1.82) is 0 Å². The first-order valence-corrected chi connectivity index (χ1v) is 9.80. The van der Waals surface area contributed by atoms with E-state index in [4.69, 9.17) is 5.73 Å². The monoisotopic (exact) mass is 403 g/mol. The number of aliphatic imine (C=N–C) groups is 1. The van der Waals surface area contributed by atoms with Crippen LogP contribution in [0.1, 0.15) is 17.0 Å². The fraction of sp³-hybridized carbons (Fsp3) is 0.217. The Balaban J connectivity index is 1.79. The van der Waals surface area contributed by atoms with E-state index in [0.717, 1.165) is 12.1 Å². The number of amides is 1. The lowest BCUT2D eigenvalue weighted by molar-refractivity contribution is -0.117. The Morgan fingerprint density at radius 2 is 1.93 bits per heavy atom. The molecule has 3 N–H and O–H groups in total. The van der Waals surface area contributed by atoms with E-state index >= 15 is 0 Å². The van der Waals surface area contributed by atoms with Crippen molar-refractivity contribution < 1.29 is 4.79 Å². The van der Waals surface area contributed by atoms with Gasteiger partial charge in [-0.05, 0) is 43.2 Å². The Kier molecular flexibility index (Phi) is 7.24. The van der Waals surface area contributed by atoms with Crippen LogP contribution in [-0.4, -0.2) is 34.8 Å². The van der Waals surface area contributed by atoms with Gasteiger partial charge in [-0.25, -0.2) is 9.98 Å². The summed E-state index contributed by atoms with van der Waals surface area (Å²) < 4.78 is 1.54. The lowest BCUT2D eigenvalue weighted by Crippen LogP contribution is -2.25. The molecular formula is C23H25N5O2. The van der Waals surface area contributed by atoms with E-state index in [1.54, 1.807) is 28.8 Å². The Morgan fingerprint density at radius 1 is 1.13 bits per heavy atom. The first kappa shape index (κ1) is 21.1. The summed E-state index contributed by atoms with van der Waals surface area (Å²) in [6.07, 6.45) is 2.23. The van der Waals surface area contributed by atoms with E-state index in [1.807, 2.05) is 31.2 Å². The van der Waals surface area contributed by atoms with Gasteiger partial charge in [0.2, 0.25) is 0 Å². The summed E-state index contributed by atoms with van der Waals surface area (Å²) in [6, 6.07) is 19.0. The van der Waals surface area contributed by atoms with Gasteiger partial charge in [-0.2, -0.15) is 0 Å². The van der Waals surface area contributed by atoms with E-state index in [-0.39, 0.29) is 24.4 Å². The van der Waals surface area contributed by atoms with E-state index < -0.39 is 0 Å². The molecule has 0 fully saturated rings. The molecular weight excluding hydrogens is 378 g/mol. The molecule has 0 spiro atoms. The molecule has 0 aliphatic carbocycles. The number of nitrogens with one attached hydrogen (secondary N) is 1. The fourth-order valence-electron chi connectivity index (χ4n) is 3.08. The molecule has 1 amide bonds. The van der Waals surface area contributed by atoms with E-state index in [1.165, 1.54) is 11.8 Å². The normalized spacial score (nSPS) is 11.0. The van der Waals surface area contributed by atoms with E-state index in [0.29, 0.717) is 23.7 Å². The Hall–Kier alpha value is -3.58. The summed E-state index contributed by atoms with van der Waals surface area (Å²) in [4.78, 5) is 33.2. The average Bonchev–Trinajstić information content (AvgIpc) is 2.75. The van der Waals surface area contributed by atoms with Crippen molar-refractivity contribution in [3.8, 4) is 5.82 Å². The van der Waals surface area contributed by atoms with Crippen LogP contribution in [-0.2, 0) is 17.6 Å². The Bertz CT molecular complexity index is 1090. The van der Waals surface area contributed by atoms with Gasteiger partial charge in [-0.3, -0.25) is 14.2 Å². The number of nitrogens with two attached hydrogens (primary N) is 1. The third-order valence-corrected chi connectivity index (χ3v) is 4.54. The lowest BCUT2D eigenvalue weighted by Gasteiger charge is -2.13. The predicted molar refractivity (Wildman–Crippen MR) is 119 cm³/mol. The van der Waals surface area contributed by atoms with Gasteiger partial charge >= 0.3 is 0 Å². The van der Waals surface area contributed by atoms with Gasteiger partial charge < -0.3 is 11.1 Å². The molecule has 3 aromatic rings. The quantitative estimate of drug-likeness (QED) is 0.562. The molecule has 0 unspecified atom stereocenters. The molecule has 2 heterocycles. The molecule has 0 aliphatic rings. The number of carbonyl (C=O) groups excluding carboxylic acids is 1. The summed E-state index contributed by atoms with van der Waals surface area (Å²) in [7, 11) is 0. The minimum Gasteiger partial charge on any atom is -0.380 e. The third kappa shape index (κ3) is 5.48. The topological polar surface area (TPSA) is 102 Å². The van der Waals surface area contributed by atoms with Gasteiger partial charge in [0.1, 0.15) is 11.5 Å². The van der Waals surface area contributed by atoms with Crippen molar-refractivity contribution in [3.63, 3.8) is 0 Å². The van der Waals surface area contributed by atoms with Gasteiger partial charge in [-0.15, -0.1) is 0 Å². The first-order chi connectivity index (χ1) is 14.6. The molecule has 7 heteroatoms. The maximum absolute atomic E-state index is 13.1. The summed E-state index contributed by atoms with van der Waals surface area (Å²) in [6.45, 7) is 2.70. The smallest absolute Gasteiger partial charge is 0.279 e. The summed E-state index contributed by atoms with van der Waals surface area (Å²) in [5.74, 6) is 0.141. The molecule has 2 aromatic heterocycles. The summed E-state index contributed by atoms with van der Waals surface area (Å²) in [5, 5.41) is 3.22. The molecule has 0 saturated heterocycles. The van der Waals surface area contributed by atoms with Crippen LogP contribution < -0.4 is 16.6 Å². The summed E-state index contributed by atoms with van der Waals surface area (Å²) >= 11 is 0. The largest absolute Gasteiger partial charge is 0.380 e. The fourth-order valence-corrected chi connectivity index (χ4v) is 3.08. The second-order valence-electron chi connectivity index (χ2n) is 6.80. The lowest BCUT2D eigenvalue weighted by atomic mass is 10.1. The zero-order valence-electron chi connectivity index (χ0n) is 16.9. The van der Waals surface area contributed by atoms with Crippen LogP contribution in [0.3, 0.4) is 0 Å². The first-order valence-electron chi connectivity index (χ1n) is 9.80. The van der Waals surface area contributed by atoms with Gasteiger partial charge in [-0.1, -0.05) is 36.4 Å². The SMILES string of the molecule is Cc1ccc(NCCc2ccccc2)c(=O)n1-c1cccc(CC(=O)N=CCN)n1. The van der Waals surface area contributed by atoms with Crippen LogP contribution in [0.4, 0.5) is 5.69 Å². The molecule has 3 rings (SSSR count). The Labute approximate surface area is 175 Å². The zero-order valence-corrected chi connectivity index (χ0v) is 16.9. The van der Waals surface area contributed by atoms with Crippen molar-refractivity contribution in [2.24, 2.45) is 10.7 Å². The predicted octanol–water partition coefficient (Wildman–Crippen LogP) is 2.29. The number of benzene rings is 1. The minimum atomic E-state index is -0.328. The van der Waals surface area contributed by atoms with Gasteiger partial charge in [0.05, 0.1) is 12.1 Å². The molecule has 154 valence electrons. The number of hydrogen-bond donors (Lipinski definition) is 2. The number of hydrogen-bond acceptors (Lipinski definition) is 5. The third-order valence-electron chi connectivity index (χ3n) is 4.54. The number of rotatable bonds is 8. The average molecular weight is 403 g/mol.